The highest BCUT2D eigenvalue weighted by Crippen LogP contribution is 2.43. The summed E-state index contributed by atoms with van der Waals surface area (Å²) in [5.74, 6) is -1.60. The van der Waals surface area contributed by atoms with E-state index in [4.69, 9.17) is 27.1 Å². The van der Waals surface area contributed by atoms with Crippen molar-refractivity contribution in [2.24, 2.45) is 10.7 Å². The number of nitrogens with two attached hydrogens (primary N) is 1. The fourth-order valence-corrected chi connectivity index (χ4v) is 4.88. The first-order valence-electron chi connectivity index (χ1n) is 10.7. The van der Waals surface area contributed by atoms with E-state index in [9.17, 15) is 8.78 Å². The van der Waals surface area contributed by atoms with Crippen LogP contribution in [-0.2, 0) is 5.79 Å². The summed E-state index contributed by atoms with van der Waals surface area (Å²) in [4.78, 5) is 8.82. The summed E-state index contributed by atoms with van der Waals surface area (Å²) < 4.78 is 35.3. The smallest absolute Gasteiger partial charge is 0.213 e. The van der Waals surface area contributed by atoms with Gasteiger partial charge in [-0.05, 0) is 49.7 Å². The predicted octanol–water partition coefficient (Wildman–Crippen LogP) is 3.93. The van der Waals surface area contributed by atoms with E-state index in [0.717, 1.165) is 28.6 Å². The number of amidine groups is 1. The Labute approximate surface area is 200 Å². The average Bonchev–Trinajstić information content (AvgIpc) is 3.44. The van der Waals surface area contributed by atoms with Crippen LogP contribution in [0.5, 0.6) is 5.75 Å². The van der Waals surface area contributed by atoms with Crippen molar-refractivity contribution in [2.45, 2.75) is 24.5 Å². The van der Waals surface area contributed by atoms with Crippen LogP contribution >= 0.6 is 11.6 Å². The molecule has 10 heteroatoms. The number of rotatable bonds is 5. The molecule has 2 heterocycles. The molecule has 1 aliphatic carbocycles. The maximum Gasteiger partial charge on any atom is 0.213 e. The number of imidazole rings is 1. The van der Waals surface area contributed by atoms with E-state index in [1.807, 2.05) is 18.2 Å². The molecular weight excluding hydrogens is 462 g/mol. The van der Waals surface area contributed by atoms with Gasteiger partial charge in [0, 0.05) is 35.0 Å². The number of ether oxygens (including phenoxy) is 1. The molecule has 0 bridgehead atoms. The van der Waals surface area contributed by atoms with Gasteiger partial charge in [-0.15, -0.1) is 0 Å². The van der Waals surface area contributed by atoms with Crippen molar-refractivity contribution in [1.82, 2.24) is 20.2 Å². The first-order valence-corrected chi connectivity index (χ1v) is 11.1. The zero-order valence-corrected chi connectivity index (χ0v) is 19.3. The molecule has 0 fully saturated rings. The number of nitrogens with one attached hydrogen (secondary N) is 2. The molecule has 176 valence electrons. The molecule has 4 N–H and O–H groups in total. The van der Waals surface area contributed by atoms with Crippen LogP contribution in [0.2, 0.25) is 5.15 Å². The molecule has 0 saturated carbocycles. The second kappa shape index (κ2) is 8.41. The van der Waals surface area contributed by atoms with Crippen molar-refractivity contribution in [1.29, 1.82) is 0 Å². The predicted molar refractivity (Wildman–Crippen MR) is 126 cm³/mol. The normalized spacial score (nSPS) is 21.8. The lowest BCUT2D eigenvalue weighted by atomic mass is 9.94. The minimum Gasteiger partial charge on any atom is -0.495 e. The standard InChI is InChI=1S/C24H23ClF2N6O/c1-29-24(14-3-6-19(20(9-14)34-2)33-11-21(25)30-12-33)31-22-17(4-5-18(22)23(28)32-24)13-7-15(26)10-16(27)8-13/h3,6-12,17,29,31H,4-5H2,1-2H3,(H2,28,32). The van der Waals surface area contributed by atoms with E-state index in [1.54, 1.807) is 31.2 Å². The van der Waals surface area contributed by atoms with Crippen LogP contribution in [0.3, 0.4) is 0 Å². The van der Waals surface area contributed by atoms with Crippen molar-refractivity contribution in [2.75, 3.05) is 14.2 Å². The zero-order chi connectivity index (χ0) is 24.0. The van der Waals surface area contributed by atoms with Crippen LogP contribution in [0.15, 0.2) is 65.2 Å². The summed E-state index contributed by atoms with van der Waals surface area (Å²) in [5.41, 5.74) is 10.1. The Morgan fingerprint density at radius 2 is 2.00 bits per heavy atom. The van der Waals surface area contributed by atoms with Crippen molar-refractivity contribution >= 4 is 17.4 Å². The number of nitrogens with zero attached hydrogens (tertiary/aromatic N) is 3. The fourth-order valence-electron chi connectivity index (χ4n) is 4.73. The molecule has 2 unspecified atom stereocenters. The van der Waals surface area contributed by atoms with Crippen LogP contribution < -0.4 is 21.1 Å². The topological polar surface area (TPSA) is 89.5 Å². The van der Waals surface area contributed by atoms with Crippen LogP contribution in [0.4, 0.5) is 8.78 Å². The molecule has 7 nitrogen and oxygen atoms in total. The molecule has 1 aromatic heterocycles. The maximum absolute atomic E-state index is 14.0. The molecule has 0 spiro atoms. The van der Waals surface area contributed by atoms with Crippen LogP contribution in [-0.4, -0.2) is 29.5 Å². The third-order valence-corrected chi connectivity index (χ3v) is 6.54. The molecule has 0 amide bonds. The highest BCUT2D eigenvalue weighted by Gasteiger charge is 2.41. The van der Waals surface area contributed by atoms with E-state index in [2.05, 4.69) is 15.6 Å². The van der Waals surface area contributed by atoms with Gasteiger partial charge in [-0.3, -0.25) is 5.32 Å². The first kappa shape index (κ1) is 22.4. The SMILES string of the molecule is CNC1(c2ccc(-n3cnc(Cl)c3)c(OC)c2)N=C(N)C2=C(N1)C(c1cc(F)cc(F)c1)CC2. The third kappa shape index (κ3) is 3.70. The number of halogens is 3. The van der Waals surface area contributed by atoms with Crippen LogP contribution in [0.25, 0.3) is 5.69 Å². The Hall–Kier alpha value is -3.43. The van der Waals surface area contributed by atoms with E-state index in [0.29, 0.717) is 35.1 Å². The summed E-state index contributed by atoms with van der Waals surface area (Å²) in [6, 6.07) is 9.21. The third-order valence-electron chi connectivity index (χ3n) is 6.35. The number of benzene rings is 2. The largest absolute Gasteiger partial charge is 0.495 e. The summed E-state index contributed by atoms with van der Waals surface area (Å²) >= 11 is 5.98. The molecule has 5 rings (SSSR count). The van der Waals surface area contributed by atoms with Gasteiger partial charge in [-0.1, -0.05) is 17.7 Å². The molecular formula is C24H23ClF2N6O. The summed E-state index contributed by atoms with van der Waals surface area (Å²) in [5, 5.41) is 7.08. The lowest BCUT2D eigenvalue weighted by Crippen LogP contribution is -2.54. The molecule has 2 atom stereocenters. The highest BCUT2D eigenvalue weighted by atomic mass is 35.5. The molecule has 2 aromatic carbocycles. The molecule has 34 heavy (non-hydrogen) atoms. The molecule has 2 aliphatic rings. The Balaban J connectivity index is 1.56. The van der Waals surface area contributed by atoms with E-state index in [1.165, 1.54) is 12.1 Å². The minimum absolute atomic E-state index is 0.240. The van der Waals surface area contributed by atoms with Crippen molar-refractivity contribution < 1.29 is 13.5 Å². The van der Waals surface area contributed by atoms with Gasteiger partial charge < -0.3 is 20.4 Å². The number of hydrogen-bond acceptors (Lipinski definition) is 6. The second-order valence-electron chi connectivity index (χ2n) is 8.26. The minimum atomic E-state index is -1.10. The Bertz CT molecular complexity index is 1320. The summed E-state index contributed by atoms with van der Waals surface area (Å²) in [6.07, 6.45) is 4.60. The lowest BCUT2D eigenvalue weighted by Gasteiger charge is -2.38. The Morgan fingerprint density at radius 1 is 1.24 bits per heavy atom. The van der Waals surface area contributed by atoms with Gasteiger partial charge in [0.25, 0.3) is 0 Å². The number of aliphatic imine (C=N–C) groups is 1. The van der Waals surface area contributed by atoms with Gasteiger partial charge >= 0.3 is 0 Å². The summed E-state index contributed by atoms with van der Waals surface area (Å²) in [6.45, 7) is 0. The van der Waals surface area contributed by atoms with Gasteiger partial charge in [0.15, 0.2) is 0 Å². The first-order chi connectivity index (χ1) is 16.3. The van der Waals surface area contributed by atoms with E-state index in [-0.39, 0.29) is 5.92 Å². The number of methoxy groups -OCH3 is 1. The second-order valence-corrected chi connectivity index (χ2v) is 8.65. The highest BCUT2D eigenvalue weighted by molar-refractivity contribution is 6.29. The number of aromatic nitrogens is 2. The lowest BCUT2D eigenvalue weighted by molar-refractivity contribution is 0.309. The fraction of sp³-hybridized carbons (Fsp3) is 0.250. The Kier molecular flexibility index (Phi) is 5.53. The molecule has 0 saturated heterocycles. The van der Waals surface area contributed by atoms with Gasteiger partial charge in [-0.25, -0.2) is 18.8 Å². The molecule has 1 aliphatic heterocycles. The number of hydrogen-bond donors (Lipinski definition) is 3. The van der Waals surface area contributed by atoms with Crippen LogP contribution in [0.1, 0.15) is 29.9 Å². The van der Waals surface area contributed by atoms with Crippen molar-refractivity contribution in [3.63, 3.8) is 0 Å². The van der Waals surface area contributed by atoms with Gasteiger partial charge in [0.1, 0.15) is 34.7 Å². The monoisotopic (exact) mass is 484 g/mol. The van der Waals surface area contributed by atoms with Gasteiger partial charge in [0.2, 0.25) is 5.79 Å². The molecule has 3 aromatic rings. The van der Waals surface area contributed by atoms with Crippen molar-refractivity contribution in [3.8, 4) is 11.4 Å². The van der Waals surface area contributed by atoms with E-state index >= 15 is 0 Å². The van der Waals surface area contributed by atoms with E-state index < -0.39 is 17.4 Å². The quantitative estimate of drug-likeness (QED) is 0.510. The van der Waals surface area contributed by atoms with Crippen LogP contribution in [0, 0.1) is 11.6 Å². The average molecular weight is 485 g/mol. The maximum atomic E-state index is 14.0. The summed E-state index contributed by atoms with van der Waals surface area (Å²) in [7, 11) is 3.34. The van der Waals surface area contributed by atoms with Gasteiger partial charge in [-0.2, -0.15) is 0 Å². The molecule has 0 radical (unpaired) electrons. The zero-order valence-electron chi connectivity index (χ0n) is 18.6. The number of allylic oxidation sites excluding steroid dienone is 1. The van der Waals surface area contributed by atoms with Gasteiger partial charge in [0.05, 0.1) is 12.8 Å². The Morgan fingerprint density at radius 3 is 2.65 bits per heavy atom. The van der Waals surface area contributed by atoms with Crippen molar-refractivity contribution in [3.05, 3.63) is 88.1 Å².